The lowest BCUT2D eigenvalue weighted by atomic mass is 10.0. The van der Waals surface area contributed by atoms with Crippen LogP contribution in [0.3, 0.4) is 0 Å². The average molecular weight is 440 g/mol. The monoisotopic (exact) mass is 439 g/mol. The number of nitrogens with zero attached hydrogens (tertiary/aromatic N) is 1. The molecule has 2 heterocycles. The molecule has 0 atom stereocenters. The van der Waals surface area contributed by atoms with Gasteiger partial charge in [0.05, 0.1) is 11.0 Å². The molecule has 0 bridgehead atoms. The maximum absolute atomic E-state index is 2.40. The number of thiophene rings is 1. The topological polar surface area (TPSA) is 4.93 Å². The van der Waals surface area contributed by atoms with Crippen molar-refractivity contribution in [2.75, 3.05) is 0 Å². The Kier molecular flexibility index (Phi) is 3.99. The van der Waals surface area contributed by atoms with Crippen molar-refractivity contribution in [3.05, 3.63) is 115 Å². The van der Waals surface area contributed by atoms with Gasteiger partial charge in [-0.15, -0.1) is 11.3 Å². The van der Waals surface area contributed by atoms with Crippen LogP contribution < -0.4 is 0 Å². The van der Waals surface area contributed by atoms with Crippen LogP contribution in [-0.4, -0.2) is 4.57 Å². The predicted molar refractivity (Wildman–Crippen MR) is 144 cm³/mol. The van der Waals surface area contributed by atoms with Crippen LogP contribution in [0.5, 0.6) is 0 Å². The van der Waals surface area contributed by atoms with Gasteiger partial charge in [0.25, 0.3) is 0 Å². The molecule has 0 spiro atoms. The molecule has 0 aliphatic carbocycles. The van der Waals surface area contributed by atoms with Crippen LogP contribution >= 0.6 is 11.3 Å². The van der Waals surface area contributed by atoms with Gasteiger partial charge in [-0.3, -0.25) is 0 Å². The molecule has 0 radical (unpaired) electrons. The van der Waals surface area contributed by atoms with Crippen molar-refractivity contribution >= 4 is 53.3 Å². The van der Waals surface area contributed by atoms with E-state index in [4.69, 9.17) is 0 Å². The number of fused-ring (bicyclic) bond motifs is 6. The van der Waals surface area contributed by atoms with Crippen LogP contribution in [0.2, 0.25) is 0 Å². The van der Waals surface area contributed by atoms with Gasteiger partial charge in [-0.2, -0.15) is 0 Å². The summed E-state index contributed by atoms with van der Waals surface area (Å²) < 4.78 is 5.10. The van der Waals surface area contributed by atoms with E-state index in [1.54, 1.807) is 0 Å². The maximum Gasteiger partial charge on any atom is 0.0547 e. The Morgan fingerprint density at radius 3 is 2.18 bits per heavy atom. The molecule has 1 nitrogen and oxygen atoms in total. The van der Waals surface area contributed by atoms with Gasteiger partial charge in [-0.25, -0.2) is 0 Å². The molecule has 0 saturated heterocycles. The highest BCUT2D eigenvalue weighted by Crippen LogP contribution is 2.41. The lowest BCUT2D eigenvalue weighted by Gasteiger charge is -2.10. The van der Waals surface area contributed by atoms with Gasteiger partial charge in [0.1, 0.15) is 0 Å². The summed E-state index contributed by atoms with van der Waals surface area (Å²) in [5.74, 6) is 0. The molecular weight excluding hydrogens is 418 g/mol. The van der Waals surface area contributed by atoms with Crippen molar-refractivity contribution in [3.8, 4) is 16.8 Å². The van der Waals surface area contributed by atoms with Crippen LogP contribution in [0.25, 0.3) is 58.8 Å². The van der Waals surface area contributed by atoms with E-state index < -0.39 is 0 Å². The van der Waals surface area contributed by atoms with Crippen molar-refractivity contribution in [2.45, 2.75) is 6.92 Å². The zero-order valence-electron chi connectivity index (χ0n) is 18.2. The SMILES string of the molecule is Cc1ccc(-n2c3ccccc3c3ccc(-c4cccc5c4sc4ccccc45)cc32)cc1. The van der Waals surface area contributed by atoms with Crippen molar-refractivity contribution in [2.24, 2.45) is 0 Å². The van der Waals surface area contributed by atoms with E-state index in [1.165, 1.54) is 64.4 Å². The van der Waals surface area contributed by atoms with E-state index in [-0.39, 0.29) is 0 Å². The summed E-state index contributed by atoms with van der Waals surface area (Å²) in [6.45, 7) is 2.14. The smallest absolute Gasteiger partial charge is 0.0547 e. The summed E-state index contributed by atoms with van der Waals surface area (Å²) in [5.41, 5.74) is 7.53. The molecular formula is C31H21NS. The van der Waals surface area contributed by atoms with Crippen molar-refractivity contribution in [1.82, 2.24) is 4.57 Å². The molecule has 0 unspecified atom stereocenters. The second-order valence-corrected chi connectivity index (χ2v) is 9.75. The number of aromatic nitrogens is 1. The minimum Gasteiger partial charge on any atom is -0.309 e. The molecule has 0 fully saturated rings. The summed E-state index contributed by atoms with van der Waals surface area (Å²) >= 11 is 1.89. The number of rotatable bonds is 2. The molecule has 2 heteroatoms. The normalized spacial score (nSPS) is 11.8. The summed E-state index contributed by atoms with van der Waals surface area (Å²) in [4.78, 5) is 0. The Labute approximate surface area is 196 Å². The van der Waals surface area contributed by atoms with Crippen LogP contribution in [0.15, 0.2) is 109 Å². The first-order valence-corrected chi connectivity index (χ1v) is 12.1. The summed E-state index contributed by atoms with van der Waals surface area (Å²) in [7, 11) is 0. The Bertz CT molecular complexity index is 1820. The Morgan fingerprint density at radius 2 is 1.30 bits per heavy atom. The summed E-state index contributed by atoms with van der Waals surface area (Å²) in [6, 6.07) is 39.9. The van der Waals surface area contributed by atoms with Crippen molar-refractivity contribution in [3.63, 3.8) is 0 Å². The molecule has 0 aliphatic rings. The van der Waals surface area contributed by atoms with Gasteiger partial charge in [0.15, 0.2) is 0 Å². The number of aryl methyl sites for hydroxylation is 1. The molecule has 0 amide bonds. The largest absolute Gasteiger partial charge is 0.309 e. The number of hydrogen-bond donors (Lipinski definition) is 0. The third-order valence-electron chi connectivity index (χ3n) is 6.68. The first-order valence-electron chi connectivity index (χ1n) is 11.3. The van der Waals surface area contributed by atoms with E-state index in [1.807, 2.05) is 11.3 Å². The molecule has 2 aromatic heterocycles. The third-order valence-corrected chi connectivity index (χ3v) is 7.90. The highest BCUT2D eigenvalue weighted by atomic mass is 32.1. The molecule has 0 aliphatic heterocycles. The molecule has 0 saturated carbocycles. The second kappa shape index (κ2) is 7.06. The first kappa shape index (κ1) is 18.7. The zero-order valence-corrected chi connectivity index (χ0v) is 19.1. The van der Waals surface area contributed by atoms with Crippen LogP contribution in [-0.2, 0) is 0 Å². The molecule has 0 N–H and O–H groups in total. The van der Waals surface area contributed by atoms with E-state index in [0.29, 0.717) is 0 Å². The quantitative estimate of drug-likeness (QED) is 0.253. The average Bonchev–Trinajstić information content (AvgIpc) is 3.40. The van der Waals surface area contributed by atoms with Gasteiger partial charge >= 0.3 is 0 Å². The maximum atomic E-state index is 2.40. The fourth-order valence-corrected chi connectivity index (χ4v) is 6.32. The lowest BCUT2D eigenvalue weighted by Crippen LogP contribution is -1.93. The molecule has 33 heavy (non-hydrogen) atoms. The van der Waals surface area contributed by atoms with Gasteiger partial charge in [-0.05, 0) is 48.4 Å². The van der Waals surface area contributed by atoms with E-state index in [2.05, 4.69) is 121 Å². The lowest BCUT2D eigenvalue weighted by molar-refractivity contribution is 1.17. The second-order valence-electron chi connectivity index (χ2n) is 8.70. The zero-order chi connectivity index (χ0) is 21.9. The van der Waals surface area contributed by atoms with Gasteiger partial charge in [0, 0.05) is 36.6 Å². The van der Waals surface area contributed by atoms with Gasteiger partial charge < -0.3 is 4.57 Å². The van der Waals surface area contributed by atoms with E-state index in [0.717, 1.165) is 0 Å². The van der Waals surface area contributed by atoms with E-state index >= 15 is 0 Å². The Balaban J connectivity index is 1.55. The Hall–Kier alpha value is -3.88. The highest BCUT2D eigenvalue weighted by Gasteiger charge is 2.15. The van der Waals surface area contributed by atoms with Gasteiger partial charge in [0.2, 0.25) is 0 Å². The van der Waals surface area contributed by atoms with Crippen LogP contribution in [0.1, 0.15) is 5.56 Å². The van der Waals surface area contributed by atoms with E-state index in [9.17, 15) is 0 Å². The van der Waals surface area contributed by atoms with Crippen LogP contribution in [0, 0.1) is 6.92 Å². The fourth-order valence-electron chi connectivity index (χ4n) is 5.08. The molecule has 7 aromatic rings. The van der Waals surface area contributed by atoms with Gasteiger partial charge in [-0.1, -0.05) is 84.4 Å². The minimum absolute atomic E-state index is 1.20. The van der Waals surface area contributed by atoms with Crippen molar-refractivity contribution < 1.29 is 0 Å². The molecule has 156 valence electrons. The summed E-state index contributed by atoms with van der Waals surface area (Å²) in [5, 5.41) is 5.26. The number of benzene rings is 5. The van der Waals surface area contributed by atoms with Crippen molar-refractivity contribution in [1.29, 1.82) is 0 Å². The minimum atomic E-state index is 1.20. The number of para-hydroxylation sites is 1. The highest BCUT2D eigenvalue weighted by molar-refractivity contribution is 7.26. The first-order chi connectivity index (χ1) is 16.3. The molecule has 5 aromatic carbocycles. The Morgan fingerprint density at radius 1 is 0.576 bits per heavy atom. The summed E-state index contributed by atoms with van der Waals surface area (Å²) in [6.07, 6.45) is 0. The third kappa shape index (κ3) is 2.78. The fraction of sp³-hybridized carbons (Fsp3) is 0.0323. The number of hydrogen-bond acceptors (Lipinski definition) is 1. The van der Waals surface area contributed by atoms with Crippen LogP contribution in [0.4, 0.5) is 0 Å². The standard InChI is InChI=1S/C31H21NS/c1-20-13-16-22(17-14-20)32-28-11-4-2-7-24(28)25-18-15-21(19-29(25)32)23-9-6-10-27-26-8-3-5-12-30(26)33-31(23)27/h2-19H,1H3. The predicted octanol–water partition coefficient (Wildman–Crippen LogP) is 9.13. The molecule has 7 rings (SSSR count).